The van der Waals surface area contributed by atoms with Crippen molar-refractivity contribution in [1.29, 1.82) is 0 Å². The van der Waals surface area contributed by atoms with Crippen LogP contribution in [-0.4, -0.2) is 6.54 Å². The van der Waals surface area contributed by atoms with Crippen molar-refractivity contribution in [3.8, 4) is 0 Å². The number of hydrogen-bond acceptors (Lipinski definition) is 2. The van der Waals surface area contributed by atoms with Crippen molar-refractivity contribution >= 4 is 5.69 Å². The lowest BCUT2D eigenvalue weighted by atomic mass is 10.1. The Labute approximate surface area is 121 Å². The number of aryl methyl sites for hydroxylation is 1. The molecule has 2 aromatic carbocycles. The fraction of sp³-hybridized carbons (Fsp3) is 0.333. The Hall–Kier alpha value is -1.80. The number of benzene rings is 2. The van der Waals surface area contributed by atoms with Crippen molar-refractivity contribution in [1.82, 2.24) is 5.32 Å². The summed E-state index contributed by atoms with van der Waals surface area (Å²) in [7, 11) is 0. The lowest BCUT2D eigenvalue weighted by Gasteiger charge is -2.24. The molecule has 0 aliphatic carbocycles. The summed E-state index contributed by atoms with van der Waals surface area (Å²) in [5, 5.41) is 3.41. The maximum atomic E-state index is 3.41. The number of hydrogen-bond donors (Lipinski definition) is 1. The van der Waals surface area contributed by atoms with Crippen molar-refractivity contribution in [3.05, 3.63) is 64.7 Å². The van der Waals surface area contributed by atoms with Crippen LogP contribution in [0.25, 0.3) is 0 Å². The standard InChI is InChI=1S/C18H22N2/c1-3-20(18-6-4-5-14(2)9-18)13-15-7-8-16-11-19-12-17(16)10-15/h4-10,19H,3,11-13H2,1-2H3. The maximum absolute atomic E-state index is 3.41. The van der Waals surface area contributed by atoms with E-state index in [1.165, 1.54) is 27.9 Å². The van der Waals surface area contributed by atoms with Crippen LogP contribution in [0.3, 0.4) is 0 Å². The minimum Gasteiger partial charge on any atom is -0.367 e. The second-order valence-corrected chi connectivity index (χ2v) is 5.56. The van der Waals surface area contributed by atoms with Gasteiger partial charge in [-0.15, -0.1) is 0 Å². The van der Waals surface area contributed by atoms with E-state index < -0.39 is 0 Å². The molecule has 0 saturated heterocycles. The summed E-state index contributed by atoms with van der Waals surface area (Å²) in [5.41, 5.74) is 6.94. The Kier molecular flexibility index (Phi) is 3.75. The average Bonchev–Trinajstić information content (AvgIpc) is 2.92. The molecule has 1 heterocycles. The van der Waals surface area contributed by atoms with Crippen LogP contribution in [0.5, 0.6) is 0 Å². The zero-order valence-corrected chi connectivity index (χ0v) is 12.3. The van der Waals surface area contributed by atoms with Gasteiger partial charge in [-0.3, -0.25) is 0 Å². The van der Waals surface area contributed by atoms with Crippen LogP contribution in [0.4, 0.5) is 5.69 Å². The third-order valence-electron chi connectivity index (χ3n) is 4.02. The number of rotatable bonds is 4. The summed E-state index contributed by atoms with van der Waals surface area (Å²) in [5.74, 6) is 0. The SMILES string of the molecule is CCN(Cc1ccc2c(c1)CNC2)c1cccc(C)c1. The van der Waals surface area contributed by atoms with E-state index in [2.05, 4.69) is 66.5 Å². The average molecular weight is 266 g/mol. The normalized spacial score (nSPS) is 13.3. The maximum Gasteiger partial charge on any atom is 0.0429 e. The summed E-state index contributed by atoms with van der Waals surface area (Å²) in [6.45, 7) is 8.41. The Morgan fingerprint density at radius 3 is 2.70 bits per heavy atom. The molecule has 1 aliphatic heterocycles. The fourth-order valence-electron chi connectivity index (χ4n) is 2.88. The predicted molar refractivity (Wildman–Crippen MR) is 84.9 cm³/mol. The monoisotopic (exact) mass is 266 g/mol. The molecule has 20 heavy (non-hydrogen) atoms. The van der Waals surface area contributed by atoms with Crippen LogP contribution in [0, 0.1) is 6.92 Å². The highest BCUT2D eigenvalue weighted by molar-refractivity contribution is 5.49. The van der Waals surface area contributed by atoms with Gasteiger partial charge in [0, 0.05) is 31.9 Å². The Balaban J connectivity index is 1.81. The molecule has 2 nitrogen and oxygen atoms in total. The van der Waals surface area contributed by atoms with E-state index in [0.29, 0.717) is 0 Å². The Bertz CT molecular complexity index is 604. The molecule has 0 unspecified atom stereocenters. The minimum atomic E-state index is 0.979. The van der Waals surface area contributed by atoms with E-state index in [1.807, 2.05) is 0 Å². The van der Waals surface area contributed by atoms with Crippen molar-refractivity contribution in [2.24, 2.45) is 0 Å². The molecule has 0 atom stereocenters. The summed E-state index contributed by atoms with van der Waals surface area (Å²) in [6, 6.07) is 15.6. The van der Waals surface area contributed by atoms with Gasteiger partial charge in [-0.2, -0.15) is 0 Å². The molecular weight excluding hydrogens is 244 g/mol. The van der Waals surface area contributed by atoms with Crippen LogP contribution in [0.15, 0.2) is 42.5 Å². The molecule has 0 amide bonds. The first-order chi connectivity index (χ1) is 9.76. The van der Waals surface area contributed by atoms with Gasteiger partial charge in [-0.1, -0.05) is 30.3 Å². The minimum absolute atomic E-state index is 0.979. The Morgan fingerprint density at radius 1 is 1.05 bits per heavy atom. The number of anilines is 1. The molecule has 2 aromatic rings. The van der Waals surface area contributed by atoms with Crippen molar-refractivity contribution < 1.29 is 0 Å². The molecule has 1 aliphatic rings. The summed E-state index contributed by atoms with van der Waals surface area (Å²) in [4.78, 5) is 2.43. The lowest BCUT2D eigenvalue weighted by molar-refractivity contribution is 0.764. The van der Waals surface area contributed by atoms with Gasteiger partial charge in [0.15, 0.2) is 0 Å². The predicted octanol–water partition coefficient (Wildman–Crippen LogP) is 3.62. The fourth-order valence-corrected chi connectivity index (χ4v) is 2.88. The number of nitrogens with zero attached hydrogens (tertiary/aromatic N) is 1. The molecule has 0 radical (unpaired) electrons. The second-order valence-electron chi connectivity index (χ2n) is 5.56. The molecule has 3 rings (SSSR count). The van der Waals surface area contributed by atoms with Crippen LogP contribution in [0.1, 0.15) is 29.2 Å². The first-order valence-electron chi connectivity index (χ1n) is 7.39. The van der Waals surface area contributed by atoms with Gasteiger partial charge in [0.1, 0.15) is 0 Å². The molecule has 0 saturated carbocycles. The number of fused-ring (bicyclic) bond motifs is 1. The molecule has 1 N–H and O–H groups in total. The Morgan fingerprint density at radius 2 is 1.90 bits per heavy atom. The zero-order valence-electron chi connectivity index (χ0n) is 12.3. The topological polar surface area (TPSA) is 15.3 Å². The smallest absolute Gasteiger partial charge is 0.0429 e. The van der Waals surface area contributed by atoms with E-state index in [4.69, 9.17) is 0 Å². The van der Waals surface area contributed by atoms with E-state index >= 15 is 0 Å². The molecule has 0 bridgehead atoms. The van der Waals surface area contributed by atoms with Crippen LogP contribution < -0.4 is 10.2 Å². The molecule has 2 heteroatoms. The second kappa shape index (κ2) is 5.68. The van der Waals surface area contributed by atoms with Crippen LogP contribution >= 0.6 is 0 Å². The molecule has 0 fully saturated rings. The molecule has 104 valence electrons. The van der Waals surface area contributed by atoms with E-state index in [9.17, 15) is 0 Å². The van der Waals surface area contributed by atoms with Gasteiger partial charge in [-0.05, 0) is 48.2 Å². The molecule has 0 spiro atoms. The summed E-state index contributed by atoms with van der Waals surface area (Å²) >= 11 is 0. The van der Waals surface area contributed by atoms with Crippen molar-refractivity contribution in [2.75, 3.05) is 11.4 Å². The summed E-state index contributed by atoms with van der Waals surface area (Å²) in [6.07, 6.45) is 0. The molecular formula is C18H22N2. The van der Waals surface area contributed by atoms with E-state index in [1.54, 1.807) is 0 Å². The highest BCUT2D eigenvalue weighted by atomic mass is 15.1. The van der Waals surface area contributed by atoms with E-state index in [0.717, 1.165) is 26.2 Å². The highest BCUT2D eigenvalue weighted by Gasteiger charge is 2.11. The van der Waals surface area contributed by atoms with Gasteiger partial charge in [0.25, 0.3) is 0 Å². The van der Waals surface area contributed by atoms with Crippen molar-refractivity contribution in [3.63, 3.8) is 0 Å². The lowest BCUT2D eigenvalue weighted by Crippen LogP contribution is -2.22. The largest absolute Gasteiger partial charge is 0.367 e. The van der Waals surface area contributed by atoms with Gasteiger partial charge in [0.05, 0.1) is 0 Å². The zero-order chi connectivity index (χ0) is 13.9. The van der Waals surface area contributed by atoms with Gasteiger partial charge in [-0.25, -0.2) is 0 Å². The molecule has 0 aromatic heterocycles. The van der Waals surface area contributed by atoms with Crippen LogP contribution in [-0.2, 0) is 19.6 Å². The first kappa shape index (κ1) is 13.2. The third kappa shape index (κ3) is 2.70. The van der Waals surface area contributed by atoms with Crippen LogP contribution in [0.2, 0.25) is 0 Å². The quantitative estimate of drug-likeness (QED) is 0.909. The third-order valence-corrected chi connectivity index (χ3v) is 4.02. The van der Waals surface area contributed by atoms with Crippen molar-refractivity contribution in [2.45, 2.75) is 33.5 Å². The van der Waals surface area contributed by atoms with Gasteiger partial charge in [0.2, 0.25) is 0 Å². The summed E-state index contributed by atoms with van der Waals surface area (Å²) < 4.78 is 0. The van der Waals surface area contributed by atoms with Gasteiger partial charge >= 0.3 is 0 Å². The highest BCUT2D eigenvalue weighted by Crippen LogP contribution is 2.21. The first-order valence-corrected chi connectivity index (χ1v) is 7.39. The number of nitrogens with one attached hydrogen (secondary N) is 1. The van der Waals surface area contributed by atoms with Gasteiger partial charge < -0.3 is 10.2 Å². The van der Waals surface area contributed by atoms with E-state index in [-0.39, 0.29) is 0 Å².